The van der Waals surface area contributed by atoms with Crippen LogP contribution in [0.5, 0.6) is 0 Å². The zero-order valence-corrected chi connectivity index (χ0v) is 10.4. The molecule has 1 N–H and O–H groups in total. The molecule has 17 heavy (non-hydrogen) atoms. The molecule has 0 unspecified atom stereocenters. The molecular formula is C14H19NO2. The van der Waals surface area contributed by atoms with Crippen LogP contribution in [0.1, 0.15) is 19.4 Å². The lowest BCUT2D eigenvalue weighted by atomic mass is 9.94. The fourth-order valence-corrected chi connectivity index (χ4v) is 1.15. The Morgan fingerprint density at radius 3 is 2.65 bits per heavy atom. The fraction of sp³-hybridized carbons (Fsp3) is 0.357. The summed E-state index contributed by atoms with van der Waals surface area (Å²) in [5.74, 6) is 0. The highest BCUT2D eigenvalue weighted by Crippen LogP contribution is 2.13. The van der Waals surface area contributed by atoms with E-state index in [1.165, 1.54) is 0 Å². The third-order valence-electron chi connectivity index (χ3n) is 2.45. The summed E-state index contributed by atoms with van der Waals surface area (Å²) >= 11 is 0. The van der Waals surface area contributed by atoms with Crippen LogP contribution in [0.15, 0.2) is 43.0 Å². The number of nitrogens with one attached hydrogen (secondary N) is 1. The number of alkyl carbamates (subject to hydrolysis) is 1. The van der Waals surface area contributed by atoms with Gasteiger partial charge in [0.05, 0.1) is 0 Å². The van der Waals surface area contributed by atoms with Crippen molar-refractivity contribution in [3.8, 4) is 0 Å². The number of ether oxygens (including phenoxy) is 1. The smallest absolute Gasteiger partial charge is 0.407 e. The molecule has 0 aliphatic heterocycles. The number of carbonyl (C=O) groups is 1. The zero-order chi connectivity index (χ0) is 12.7. The van der Waals surface area contributed by atoms with Gasteiger partial charge in [-0.1, -0.05) is 50.3 Å². The van der Waals surface area contributed by atoms with Crippen molar-refractivity contribution in [1.29, 1.82) is 0 Å². The topological polar surface area (TPSA) is 38.3 Å². The molecule has 0 bridgehead atoms. The summed E-state index contributed by atoms with van der Waals surface area (Å²) < 4.78 is 5.08. The Morgan fingerprint density at radius 2 is 2.06 bits per heavy atom. The molecule has 0 aromatic heterocycles. The van der Waals surface area contributed by atoms with E-state index in [0.717, 1.165) is 5.56 Å². The molecule has 1 aromatic rings. The van der Waals surface area contributed by atoms with Crippen molar-refractivity contribution in [3.05, 3.63) is 48.6 Å². The quantitative estimate of drug-likeness (QED) is 0.793. The molecule has 1 rings (SSSR count). The van der Waals surface area contributed by atoms with Crippen LogP contribution in [0.25, 0.3) is 0 Å². The molecule has 3 heteroatoms. The average molecular weight is 233 g/mol. The summed E-state index contributed by atoms with van der Waals surface area (Å²) in [4.78, 5) is 11.4. The predicted molar refractivity (Wildman–Crippen MR) is 68.6 cm³/mol. The van der Waals surface area contributed by atoms with Crippen LogP contribution in [0.2, 0.25) is 0 Å². The Morgan fingerprint density at radius 1 is 1.41 bits per heavy atom. The molecule has 0 aliphatic rings. The maximum Gasteiger partial charge on any atom is 0.407 e. The predicted octanol–water partition coefficient (Wildman–Crippen LogP) is 3.13. The molecule has 0 atom stereocenters. The summed E-state index contributed by atoms with van der Waals surface area (Å²) in [6, 6.07) is 9.59. The Bertz CT molecular complexity index is 371. The summed E-state index contributed by atoms with van der Waals surface area (Å²) in [5.41, 5.74) is 0.858. The standard InChI is InChI=1S/C14H19NO2/c1-4-14(2,3)11-15-13(16)17-10-12-8-6-5-7-9-12/h4-9H,1,10-11H2,2-3H3,(H,15,16). The second-order valence-electron chi connectivity index (χ2n) is 4.61. The van der Waals surface area contributed by atoms with Crippen LogP contribution in [0.4, 0.5) is 4.79 Å². The molecule has 0 saturated heterocycles. The maximum absolute atomic E-state index is 11.4. The van der Waals surface area contributed by atoms with Crippen molar-refractivity contribution < 1.29 is 9.53 Å². The van der Waals surface area contributed by atoms with Gasteiger partial charge in [-0.15, -0.1) is 6.58 Å². The molecule has 1 amide bonds. The normalized spacial score (nSPS) is 10.7. The van der Waals surface area contributed by atoms with Gasteiger partial charge in [-0.05, 0) is 11.0 Å². The molecule has 0 heterocycles. The zero-order valence-electron chi connectivity index (χ0n) is 10.4. The van der Waals surface area contributed by atoms with Crippen LogP contribution in [0.3, 0.4) is 0 Å². The van der Waals surface area contributed by atoms with E-state index in [0.29, 0.717) is 13.2 Å². The van der Waals surface area contributed by atoms with E-state index in [9.17, 15) is 4.79 Å². The van der Waals surface area contributed by atoms with Gasteiger partial charge >= 0.3 is 6.09 Å². The molecule has 92 valence electrons. The summed E-state index contributed by atoms with van der Waals surface area (Å²) in [7, 11) is 0. The van der Waals surface area contributed by atoms with E-state index in [2.05, 4.69) is 11.9 Å². The molecule has 0 fully saturated rings. The first kappa shape index (κ1) is 13.3. The monoisotopic (exact) mass is 233 g/mol. The van der Waals surface area contributed by atoms with Crippen molar-refractivity contribution >= 4 is 6.09 Å². The van der Waals surface area contributed by atoms with Crippen molar-refractivity contribution in [1.82, 2.24) is 5.32 Å². The first-order valence-corrected chi connectivity index (χ1v) is 5.62. The highest BCUT2D eigenvalue weighted by molar-refractivity contribution is 5.67. The van der Waals surface area contributed by atoms with Crippen LogP contribution < -0.4 is 5.32 Å². The molecule has 1 aromatic carbocycles. The van der Waals surface area contributed by atoms with E-state index in [1.807, 2.05) is 50.3 Å². The molecule has 3 nitrogen and oxygen atoms in total. The number of hydrogen-bond donors (Lipinski definition) is 1. The summed E-state index contributed by atoms with van der Waals surface area (Å²) in [5, 5.41) is 2.71. The van der Waals surface area contributed by atoms with Gasteiger partial charge in [0, 0.05) is 6.54 Å². The summed E-state index contributed by atoms with van der Waals surface area (Å²) in [6.07, 6.45) is 1.41. The Balaban J connectivity index is 2.29. The fourth-order valence-electron chi connectivity index (χ4n) is 1.15. The maximum atomic E-state index is 11.4. The van der Waals surface area contributed by atoms with Crippen LogP contribution >= 0.6 is 0 Å². The minimum absolute atomic E-state index is 0.119. The van der Waals surface area contributed by atoms with Gasteiger partial charge in [0.15, 0.2) is 0 Å². The molecule has 0 radical (unpaired) electrons. The van der Waals surface area contributed by atoms with Gasteiger partial charge in [-0.2, -0.15) is 0 Å². The van der Waals surface area contributed by atoms with Crippen molar-refractivity contribution in [2.24, 2.45) is 5.41 Å². The van der Waals surface area contributed by atoms with E-state index < -0.39 is 6.09 Å². The van der Waals surface area contributed by atoms with Crippen molar-refractivity contribution in [3.63, 3.8) is 0 Å². The Kier molecular flexibility index (Phi) is 4.76. The lowest BCUT2D eigenvalue weighted by molar-refractivity contribution is 0.137. The molecule has 0 aliphatic carbocycles. The van der Waals surface area contributed by atoms with Gasteiger partial charge in [0.2, 0.25) is 0 Å². The van der Waals surface area contributed by atoms with E-state index in [4.69, 9.17) is 4.74 Å². The highest BCUT2D eigenvalue weighted by Gasteiger charge is 2.14. The van der Waals surface area contributed by atoms with Crippen molar-refractivity contribution in [2.45, 2.75) is 20.5 Å². The van der Waals surface area contributed by atoms with Gasteiger partial charge in [-0.25, -0.2) is 4.79 Å². The lowest BCUT2D eigenvalue weighted by Gasteiger charge is -2.19. The number of hydrogen-bond acceptors (Lipinski definition) is 2. The van der Waals surface area contributed by atoms with Gasteiger partial charge in [0.25, 0.3) is 0 Å². The Hall–Kier alpha value is -1.77. The summed E-state index contributed by atoms with van der Waals surface area (Å²) in [6.45, 7) is 8.52. The van der Waals surface area contributed by atoms with Crippen LogP contribution in [0, 0.1) is 5.41 Å². The average Bonchev–Trinajstić information content (AvgIpc) is 2.35. The first-order chi connectivity index (χ1) is 8.03. The van der Waals surface area contributed by atoms with Gasteiger partial charge in [0.1, 0.15) is 6.61 Å². The second-order valence-corrected chi connectivity index (χ2v) is 4.61. The van der Waals surface area contributed by atoms with Gasteiger partial charge < -0.3 is 10.1 Å². The number of benzene rings is 1. The van der Waals surface area contributed by atoms with Crippen molar-refractivity contribution in [2.75, 3.05) is 6.54 Å². The number of amides is 1. The van der Waals surface area contributed by atoms with Crippen LogP contribution in [-0.2, 0) is 11.3 Å². The van der Waals surface area contributed by atoms with E-state index >= 15 is 0 Å². The highest BCUT2D eigenvalue weighted by atomic mass is 16.5. The Labute approximate surface area is 102 Å². The third kappa shape index (κ3) is 5.20. The number of carbonyl (C=O) groups excluding carboxylic acids is 1. The molecule has 0 spiro atoms. The van der Waals surface area contributed by atoms with E-state index in [1.54, 1.807) is 0 Å². The van der Waals surface area contributed by atoms with Crippen LogP contribution in [-0.4, -0.2) is 12.6 Å². The molecular weight excluding hydrogens is 214 g/mol. The largest absolute Gasteiger partial charge is 0.445 e. The minimum Gasteiger partial charge on any atom is -0.445 e. The number of rotatable bonds is 5. The first-order valence-electron chi connectivity index (χ1n) is 5.62. The second kappa shape index (κ2) is 6.09. The van der Waals surface area contributed by atoms with Gasteiger partial charge in [-0.3, -0.25) is 0 Å². The van der Waals surface area contributed by atoms with E-state index in [-0.39, 0.29) is 5.41 Å². The minimum atomic E-state index is -0.399. The molecule has 0 saturated carbocycles. The lowest BCUT2D eigenvalue weighted by Crippen LogP contribution is -2.33. The third-order valence-corrected chi connectivity index (χ3v) is 2.45. The SMILES string of the molecule is C=CC(C)(C)CNC(=O)OCc1ccccc1.